The van der Waals surface area contributed by atoms with Crippen molar-refractivity contribution in [3.8, 4) is 6.07 Å². The highest BCUT2D eigenvalue weighted by Gasteiger charge is 2.23. The van der Waals surface area contributed by atoms with Crippen molar-refractivity contribution in [2.75, 3.05) is 37.8 Å². The third-order valence-corrected chi connectivity index (χ3v) is 3.61. The molecular weight excluding hydrogens is 226 g/mol. The minimum absolute atomic E-state index is 0.475. The molecule has 18 heavy (non-hydrogen) atoms. The Morgan fingerprint density at radius 1 is 1.67 bits per heavy atom. The topological polar surface area (TPSA) is 69.2 Å². The molecule has 0 bridgehead atoms. The lowest BCUT2D eigenvalue weighted by atomic mass is 10.2. The molecule has 1 saturated heterocycles. The van der Waals surface area contributed by atoms with Crippen LogP contribution in [0.15, 0.2) is 12.3 Å². The van der Waals surface area contributed by atoms with E-state index >= 15 is 0 Å². The van der Waals surface area contributed by atoms with Gasteiger partial charge in [0.05, 0.1) is 11.3 Å². The number of aromatic nitrogens is 1. The van der Waals surface area contributed by atoms with E-state index in [-0.39, 0.29) is 0 Å². The van der Waals surface area contributed by atoms with Crippen LogP contribution in [0.1, 0.15) is 18.4 Å². The Labute approximate surface area is 108 Å². The van der Waals surface area contributed by atoms with Gasteiger partial charge in [-0.05, 0) is 32.5 Å². The van der Waals surface area contributed by atoms with Crippen LogP contribution in [0.5, 0.6) is 0 Å². The second-order valence-electron chi connectivity index (χ2n) is 4.86. The molecule has 0 amide bonds. The molecule has 1 fully saturated rings. The van der Waals surface area contributed by atoms with E-state index in [9.17, 15) is 0 Å². The molecule has 0 spiro atoms. The van der Waals surface area contributed by atoms with Gasteiger partial charge in [0.2, 0.25) is 0 Å². The molecule has 0 radical (unpaired) electrons. The molecule has 96 valence electrons. The Hall–Kier alpha value is -1.80. The largest absolute Gasteiger partial charge is 0.395 e. The van der Waals surface area contributed by atoms with Crippen LogP contribution in [0.4, 0.5) is 11.5 Å². The third kappa shape index (κ3) is 2.39. The van der Waals surface area contributed by atoms with Crippen LogP contribution in [0.25, 0.3) is 0 Å². The van der Waals surface area contributed by atoms with Gasteiger partial charge in [0, 0.05) is 25.8 Å². The number of rotatable bonds is 3. The Morgan fingerprint density at radius 3 is 3.06 bits per heavy atom. The number of pyridine rings is 1. The Kier molecular flexibility index (Phi) is 3.68. The summed E-state index contributed by atoms with van der Waals surface area (Å²) in [6.45, 7) is 2.04. The van der Waals surface area contributed by atoms with Gasteiger partial charge in [-0.1, -0.05) is 0 Å². The van der Waals surface area contributed by atoms with E-state index in [1.165, 1.54) is 12.8 Å². The van der Waals surface area contributed by atoms with E-state index in [0.29, 0.717) is 23.1 Å². The van der Waals surface area contributed by atoms with Crippen LogP contribution in [0.2, 0.25) is 0 Å². The minimum atomic E-state index is 0.475. The van der Waals surface area contributed by atoms with Crippen molar-refractivity contribution in [1.29, 1.82) is 5.26 Å². The Balaban J connectivity index is 2.14. The normalized spacial score (nSPS) is 19.7. The lowest BCUT2D eigenvalue weighted by Crippen LogP contribution is -2.37. The highest BCUT2D eigenvalue weighted by atomic mass is 15.2. The van der Waals surface area contributed by atoms with Gasteiger partial charge in [-0.15, -0.1) is 0 Å². The smallest absolute Gasteiger partial charge is 0.152 e. The minimum Gasteiger partial charge on any atom is -0.395 e. The van der Waals surface area contributed by atoms with Crippen molar-refractivity contribution in [1.82, 2.24) is 9.88 Å². The highest BCUT2D eigenvalue weighted by Crippen LogP contribution is 2.24. The molecule has 1 aliphatic rings. The zero-order chi connectivity index (χ0) is 13.1. The first-order valence-electron chi connectivity index (χ1n) is 6.19. The van der Waals surface area contributed by atoms with Crippen LogP contribution in [0.3, 0.4) is 0 Å². The maximum absolute atomic E-state index is 8.97. The van der Waals surface area contributed by atoms with Crippen molar-refractivity contribution in [2.24, 2.45) is 0 Å². The molecule has 0 aromatic carbocycles. The molecular formula is C13H19N5. The molecule has 2 rings (SSSR count). The predicted octanol–water partition coefficient (Wildman–Crippen LogP) is 1.07. The van der Waals surface area contributed by atoms with Crippen LogP contribution in [0, 0.1) is 11.3 Å². The Morgan fingerprint density at radius 2 is 2.44 bits per heavy atom. The van der Waals surface area contributed by atoms with Gasteiger partial charge in [0.15, 0.2) is 5.82 Å². The van der Waals surface area contributed by atoms with Crippen molar-refractivity contribution in [3.63, 3.8) is 0 Å². The average Bonchev–Trinajstić information content (AvgIpc) is 2.75. The van der Waals surface area contributed by atoms with Crippen LogP contribution >= 0.6 is 0 Å². The number of nitriles is 1. The average molecular weight is 245 g/mol. The van der Waals surface area contributed by atoms with Gasteiger partial charge in [0.25, 0.3) is 0 Å². The van der Waals surface area contributed by atoms with Gasteiger partial charge in [0.1, 0.15) is 6.07 Å². The van der Waals surface area contributed by atoms with Gasteiger partial charge in [-0.25, -0.2) is 4.98 Å². The standard InChI is InChI=1S/C13H19N5/c1-17-7-3-4-11(17)9-18(2)13-12(15)10(8-14)5-6-16-13/h5-6,11H,3-4,7,9,15H2,1-2H3. The number of hydrogen-bond donors (Lipinski definition) is 1. The van der Waals surface area contributed by atoms with Gasteiger partial charge in [-0.3, -0.25) is 0 Å². The molecule has 1 atom stereocenters. The van der Waals surface area contributed by atoms with E-state index in [1.807, 2.05) is 11.9 Å². The number of likely N-dealkylation sites (tertiary alicyclic amines) is 1. The summed E-state index contributed by atoms with van der Waals surface area (Å²) in [7, 11) is 4.13. The molecule has 1 unspecified atom stereocenters. The number of anilines is 2. The van der Waals surface area contributed by atoms with E-state index < -0.39 is 0 Å². The van der Waals surface area contributed by atoms with Crippen LogP contribution < -0.4 is 10.6 Å². The monoisotopic (exact) mass is 245 g/mol. The summed E-state index contributed by atoms with van der Waals surface area (Å²) >= 11 is 0. The number of nitrogens with two attached hydrogens (primary N) is 1. The quantitative estimate of drug-likeness (QED) is 0.862. The number of nitrogens with zero attached hydrogens (tertiary/aromatic N) is 4. The van der Waals surface area contributed by atoms with E-state index in [0.717, 1.165) is 13.1 Å². The van der Waals surface area contributed by atoms with Crippen molar-refractivity contribution in [3.05, 3.63) is 17.8 Å². The summed E-state index contributed by atoms with van der Waals surface area (Å²) in [5.74, 6) is 0.703. The molecule has 0 saturated carbocycles. The molecule has 1 aromatic heterocycles. The highest BCUT2D eigenvalue weighted by molar-refractivity contribution is 5.69. The molecule has 2 heterocycles. The van der Waals surface area contributed by atoms with Gasteiger partial charge in [-0.2, -0.15) is 5.26 Å². The second kappa shape index (κ2) is 5.23. The maximum atomic E-state index is 8.97. The van der Waals surface area contributed by atoms with Gasteiger partial charge >= 0.3 is 0 Å². The molecule has 5 heteroatoms. The fourth-order valence-electron chi connectivity index (χ4n) is 2.48. The predicted molar refractivity (Wildman–Crippen MR) is 72.3 cm³/mol. The number of hydrogen-bond acceptors (Lipinski definition) is 5. The number of nitrogen functional groups attached to an aromatic ring is 1. The fourth-order valence-corrected chi connectivity index (χ4v) is 2.48. The second-order valence-corrected chi connectivity index (χ2v) is 4.86. The summed E-state index contributed by atoms with van der Waals surface area (Å²) in [5.41, 5.74) is 6.93. The summed E-state index contributed by atoms with van der Waals surface area (Å²) in [4.78, 5) is 8.69. The van der Waals surface area contributed by atoms with Gasteiger partial charge < -0.3 is 15.5 Å². The zero-order valence-electron chi connectivity index (χ0n) is 10.9. The Bertz CT molecular complexity index is 465. The number of likely N-dealkylation sites (N-methyl/N-ethyl adjacent to an activating group) is 2. The lowest BCUT2D eigenvalue weighted by Gasteiger charge is -2.27. The molecule has 1 aromatic rings. The third-order valence-electron chi connectivity index (χ3n) is 3.61. The van der Waals surface area contributed by atoms with Crippen molar-refractivity contribution >= 4 is 11.5 Å². The molecule has 0 aliphatic carbocycles. The summed E-state index contributed by atoms with van der Waals surface area (Å²) < 4.78 is 0. The van der Waals surface area contributed by atoms with Crippen LogP contribution in [-0.2, 0) is 0 Å². The fraction of sp³-hybridized carbons (Fsp3) is 0.538. The molecule has 2 N–H and O–H groups in total. The van der Waals surface area contributed by atoms with E-state index in [1.54, 1.807) is 12.3 Å². The molecule has 5 nitrogen and oxygen atoms in total. The van der Waals surface area contributed by atoms with Crippen LogP contribution in [-0.4, -0.2) is 43.1 Å². The first-order valence-corrected chi connectivity index (χ1v) is 6.19. The maximum Gasteiger partial charge on any atom is 0.152 e. The summed E-state index contributed by atoms with van der Waals surface area (Å²) in [6, 6.07) is 4.28. The van der Waals surface area contributed by atoms with E-state index in [2.05, 4.69) is 23.0 Å². The van der Waals surface area contributed by atoms with Crippen molar-refractivity contribution in [2.45, 2.75) is 18.9 Å². The van der Waals surface area contributed by atoms with E-state index in [4.69, 9.17) is 11.0 Å². The van der Waals surface area contributed by atoms with Crippen molar-refractivity contribution < 1.29 is 0 Å². The molecule has 1 aliphatic heterocycles. The zero-order valence-corrected chi connectivity index (χ0v) is 10.9. The summed E-state index contributed by atoms with van der Waals surface area (Å²) in [6.07, 6.45) is 4.09. The first-order chi connectivity index (χ1) is 8.63. The SMILES string of the molecule is CN(CC1CCCN1C)c1nccc(C#N)c1N. The lowest BCUT2D eigenvalue weighted by molar-refractivity contribution is 0.314. The first kappa shape index (κ1) is 12.7. The summed E-state index contributed by atoms with van der Waals surface area (Å²) in [5, 5.41) is 8.97.